The number of fused-ring (bicyclic) bond motifs is 1. The highest BCUT2D eigenvalue weighted by atomic mass is 19.1. The molecule has 0 unspecified atom stereocenters. The Morgan fingerprint density at radius 3 is 2.52 bits per heavy atom. The zero-order valence-corrected chi connectivity index (χ0v) is 22.3. The summed E-state index contributed by atoms with van der Waals surface area (Å²) in [5.74, 6) is 1.79. The van der Waals surface area contributed by atoms with Gasteiger partial charge in [0.05, 0.1) is 45.7 Å². The molecule has 5 aromatic rings. The van der Waals surface area contributed by atoms with Crippen molar-refractivity contribution < 1.29 is 23.0 Å². The fraction of sp³-hybridized carbons (Fsp3) is 0.286. The first-order valence-electron chi connectivity index (χ1n) is 12.6. The van der Waals surface area contributed by atoms with Gasteiger partial charge in [0.2, 0.25) is 0 Å². The molecule has 2 aromatic carbocycles. The smallest absolute Gasteiger partial charge is 0.253 e. The summed E-state index contributed by atoms with van der Waals surface area (Å²) in [4.78, 5) is 18.7. The number of aromatic amines is 1. The van der Waals surface area contributed by atoms with E-state index in [0.717, 1.165) is 10.9 Å². The van der Waals surface area contributed by atoms with Gasteiger partial charge in [0, 0.05) is 30.7 Å². The molecule has 12 heteroatoms. The summed E-state index contributed by atoms with van der Waals surface area (Å²) in [6, 6.07) is 14.5. The van der Waals surface area contributed by atoms with Crippen LogP contribution in [0.2, 0.25) is 0 Å². The van der Waals surface area contributed by atoms with Crippen molar-refractivity contribution in [3.63, 3.8) is 0 Å². The van der Waals surface area contributed by atoms with Crippen molar-refractivity contribution in [1.29, 1.82) is 0 Å². The lowest BCUT2D eigenvalue weighted by atomic mass is 10.0. The number of halogens is 1. The number of furan rings is 1. The number of pyridine rings is 1. The minimum Gasteiger partial charge on any atom is -0.493 e. The Morgan fingerprint density at radius 1 is 1.05 bits per heavy atom. The normalized spacial score (nSPS) is 12.2. The highest BCUT2D eigenvalue weighted by Crippen LogP contribution is 2.34. The molecule has 40 heavy (non-hydrogen) atoms. The largest absolute Gasteiger partial charge is 0.493 e. The van der Waals surface area contributed by atoms with Crippen molar-refractivity contribution in [1.82, 2.24) is 30.1 Å². The Bertz CT molecular complexity index is 1620. The zero-order valence-electron chi connectivity index (χ0n) is 22.3. The van der Waals surface area contributed by atoms with E-state index >= 15 is 0 Å². The standard InChI is InChI=1S/C28H29FN6O5/c1-37-12-10-35-27(31-32-33-35)26(22-13-19-14-24(38-2)25(39-3)15-23(19)30-28(22)36)34(17-21-5-4-11-40-21)16-18-6-8-20(29)9-7-18/h4-9,11,13-15,26H,10,12,16-17H2,1-3H3,(H,30,36)/t26-/m1/s1. The van der Waals surface area contributed by atoms with Gasteiger partial charge < -0.3 is 23.6 Å². The summed E-state index contributed by atoms with van der Waals surface area (Å²) in [6.07, 6.45) is 1.59. The van der Waals surface area contributed by atoms with Crippen LogP contribution in [0.3, 0.4) is 0 Å². The Hall–Kier alpha value is -4.55. The second-order valence-electron chi connectivity index (χ2n) is 9.11. The van der Waals surface area contributed by atoms with Crippen LogP contribution < -0.4 is 15.0 Å². The van der Waals surface area contributed by atoms with Crippen LogP contribution in [-0.2, 0) is 24.4 Å². The first kappa shape index (κ1) is 27.0. The molecule has 0 amide bonds. The first-order valence-corrected chi connectivity index (χ1v) is 12.6. The number of tetrazole rings is 1. The van der Waals surface area contributed by atoms with Crippen LogP contribution in [0.1, 0.15) is 28.8 Å². The van der Waals surface area contributed by atoms with Gasteiger partial charge in [0.1, 0.15) is 17.6 Å². The number of hydrogen-bond acceptors (Lipinski definition) is 9. The van der Waals surface area contributed by atoms with E-state index in [0.29, 0.717) is 60.4 Å². The van der Waals surface area contributed by atoms with Gasteiger partial charge in [-0.3, -0.25) is 9.69 Å². The van der Waals surface area contributed by atoms with Gasteiger partial charge in [-0.2, -0.15) is 0 Å². The predicted octanol–water partition coefficient (Wildman–Crippen LogP) is 3.70. The molecule has 3 aromatic heterocycles. The van der Waals surface area contributed by atoms with Crippen LogP contribution in [0, 0.1) is 5.82 Å². The van der Waals surface area contributed by atoms with Crippen molar-refractivity contribution in [3.8, 4) is 11.5 Å². The lowest BCUT2D eigenvalue weighted by Crippen LogP contribution is -2.35. The van der Waals surface area contributed by atoms with Crippen LogP contribution >= 0.6 is 0 Å². The van der Waals surface area contributed by atoms with Crippen molar-refractivity contribution in [2.45, 2.75) is 25.7 Å². The number of H-pyrrole nitrogens is 1. The van der Waals surface area contributed by atoms with E-state index in [-0.39, 0.29) is 11.4 Å². The number of ether oxygens (including phenoxy) is 3. The minimum absolute atomic E-state index is 0.315. The second kappa shape index (κ2) is 12.1. The van der Waals surface area contributed by atoms with E-state index in [2.05, 4.69) is 20.5 Å². The van der Waals surface area contributed by atoms with Crippen LogP contribution in [0.15, 0.2) is 70.1 Å². The number of hydrogen-bond donors (Lipinski definition) is 1. The molecule has 0 saturated heterocycles. The number of nitrogens with zero attached hydrogens (tertiary/aromatic N) is 5. The third kappa shape index (κ3) is 5.72. The van der Waals surface area contributed by atoms with Crippen molar-refractivity contribution in [2.75, 3.05) is 27.9 Å². The number of nitrogens with one attached hydrogen (secondary N) is 1. The van der Waals surface area contributed by atoms with E-state index in [4.69, 9.17) is 18.6 Å². The quantitative estimate of drug-likeness (QED) is 0.249. The maximum Gasteiger partial charge on any atom is 0.253 e. The molecule has 0 aliphatic carbocycles. The average molecular weight is 549 g/mol. The molecule has 3 heterocycles. The molecule has 1 N–H and O–H groups in total. The van der Waals surface area contributed by atoms with E-state index in [9.17, 15) is 9.18 Å². The summed E-state index contributed by atoms with van der Waals surface area (Å²) in [6.45, 7) is 1.39. The lowest BCUT2D eigenvalue weighted by molar-refractivity contribution is 0.163. The van der Waals surface area contributed by atoms with Crippen LogP contribution in [0.25, 0.3) is 10.9 Å². The zero-order chi connectivity index (χ0) is 28.1. The molecule has 0 spiro atoms. The molecule has 0 radical (unpaired) electrons. The van der Waals surface area contributed by atoms with E-state index in [1.807, 2.05) is 11.0 Å². The summed E-state index contributed by atoms with van der Waals surface area (Å²) in [5, 5.41) is 13.2. The molecule has 0 fully saturated rings. The maximum absolute atomic E-state index is 13.7. The van der Waals surface area contributed by atoms with Gasteiger partial charge >= 0.3 is 0 Å². The number of rotatable bonds is 12. The minimum atomic E-state index is -0.719. The van der Waals surface area contributed by atoms with Gasteiger partial charge in [-0.25, -0.2) is 9.07 Å². The number of methoxy groups -OCH3 is 3. The molecule has 5 rings (SSSR count). The fourth-order valence-corrected chi connectivity index (χ4v) is 4.66. The van der Waals surface area contributed by atoms with Gasteiger partial charge in [0.15, 0.2) is 17.3 Å². The molecular weight excluding hydrogens is 519 g/mol. The van der Waals surface area contributed by atoms with E-state index in [1.165, 1.54) is 19.2 Å². The van der Waals surface area contributed by atoms with Gasteiger partial charge in [0.25, 0.3) is 5.56 Å². The first-order chi connectivity index (χ1) is 19.5. The molecule has 208 valence electrons. The number of aromatic nitrogens is 5. The summed E-state index contributed by atoms with van der Waals surface area (Å²) < 4.78 is 37.2. The predicted molar refractivity (Wildman–Crippen MR) is 144 cm³/mol. The van der Waals surface area contributed by atoms with Crippen LogP contribution in [-0.4, -0.2) is 58.0 Å². The lowest BCUT2D eigenvalue weighted by Gasteiger charge is -2.30. The fourth-order valence-electron chi connectivity index (χ4n) is 4.66. The molecule has 1 atom stereocenters. The summed E-state index contributed by atoms with van der Waals surface area (Å²) in [7, 11) is 4.68. The van der Waals surface area contributed by atoms with Crippen molar-refractivity contribution in [3.05, 3.63) is 99.7 Å². The van der Waals surface area contributed by atoms with Gasteiger partial charge in [-0.15, -0.1) is 5.10 Å². The molecule has 0 bridgehead atoms. The third-order valence-corrected chi connectivity index (χ3v) is 6.59. The second-order valence-corrected chi connectivity index (χ2v) is 9.11. The van der Waals surface area contributed by atoms with Gasteiger partial charge in [-0.1, -0.05) is 12.1 Å². The summed E-state index contributed by atoms with van der Waals surface area (Å²) in [5.41, 5.74) is 1.49. The third-order valence-electron chi connectivity index (χ3n) is 6.59. The monoisotopic (exact) mass is 548 g/mol. The number of benzene rings is 2. The average Bonchev–Trinajstić information content (AvgIpc) is 3.65. The Kier molecular flexibility index (Phi) is 8.18. The van der Waals surface area contributed by atoms with Gasteiger partial charge in [-0.05, 0) is 52.4 Å². The molecular formula is C28H29FN6O5. The Morgan fingerprint density at radius 2 is 1.82 bits per heavy atom. The van der Waals surface area contributed by atoms with E-state index in [1.54, 1.807) is 61.6 Å². The molecule has 11 nitrogen and oxygen atoms in total. The highest BCUT2D eigenvalue weighted by Gasteiger charge is 2.31. The highest BCUT2D eigenvalue weighted by molar-refractivity contribution is 5.83. The van der Waals surface area contributed by atoms with Crippen molar-refractivity contribution in [2.24, 2.45) is 0 Å². The van der Waals surface area contributed by atoms with Crippen LogP contribution in [0.5, 0.6) is 11.5 Å². The molecule has 0 aliphatic rings. The SMILES string of the molecule is COCCn1nnnc1[C@@H](c1cc2cc(OC)c(OC)cc2[nH]c1=O)N(Cc1ccc(F)cc1)Cc1ccco1. The summed E-state index contributed by atoms with van der Waals surface area (Å²) >= 11 is 0. The Balaban J connectivity index is 1.69. The van der Waals surface area contributed by atoms with E-state index < -0.39 is 6.04 Å². The topological polar surface area (TPSA) is 121 Å². The van der Waals surface area contributed by atoms with Crippen molar-refractivity contribution >= 4 is 10.9 Å². The molecule has 0 saturated carbocycles. The molecule has 0 aliphatic heterocycles. The maximum atomic E-state index is 13.7. The van der Waals surface area contributed by atoms with Crippen LogP contribution in [0.4, 0.5) is 4.39 Å². The Labute approximate surface area is 229 Å².